The molecule has 1 atom stereocenters. The van der Waals surface area contributed by atoms with Gasteiger partial charge in [-0.2, -0.15) is 0 Å². The Labute approximate surface area is 113 Å². The van der Waals surface area contributed by atoms with Crippen LogP contribution in [0.3, 0.4) is 0 Å². The van der Waals surface area contributed by atoms with Crippen LogP contribution in [0.1, 0.15) is 31.2 Å². The van der Waals surface area contributed by atoms with E-state index in [4.69, 9.17) is 10.5 Å². The van der Waals surface area contributed by atoms with Crippen LogP contribution in [0.2, 0.25) is 0 Å². The van der Waals surface area contributed by atoms with E-state index in [1.54, 1.807) is 6.20 Å². The second kappa shape index (κ2) is 6.52. The first-order chi connectivity index (χ1) is 9.19. The quantitative estimate of drug-likeness (QED) is 0.815. The molecule has 104 valence electrons. The minimum absolute atomic E-state index is 0.302. The fourth-order valence-corrected chi connectivity index (χ4v) is 2.27. The molecule has 0 saturated heterocycles. The van der Waals surface area contributed by atoms with E-state index >= 15 is 0 Å². The van der Waals surface area contributed by atoms with Crippen LogP contribution in [-0.4, -0.2) is 30.2 Å². The number of aromatic nitrogens is 1. The average molecular weight is 264 g/mol. The van der Waals surface area contributed by atoms with Crippen molar-refractivity contribution >= 4 is 5.97 Å². The van der Waals surface area contributed by atoms with Crippen molar-refractivity contribution in [3.05, 3.63) is 23.9 Å². The van der Waals surface area contributed by atoms with E-state index in [0.29, 0.717) is 18.4 Å². The van der Waals surface area contributed by atoms with E-state index in [1.807, 2.05) is 12.1 Å². The molecular formula is C14H20N2O3. The maximum Gasteiger partial charge on any atom is 0.322 e. The van der Waals surface area contributed by atoms with Crippen LogP contribution in [-0.2, 0) is 16.0 Å². The lowest BCUT2D eigenvalue weighted by Crippen LogP contribution is -2.33. The number of carbonyl (C=O) groups excluding carboxylic acids is 1. The lowest BCUT2D eigenvalue weighted by Gasteiger charge is -2.13. The fraction of sp³-hybridized carbons (Fsp3) is 0.571. The van der Waals surface area contributed by atoms with Crippen molar-refractivity contribution in [2.45, 2.75) is 44.2 Å². The molecule has 1 aliphatic carbocycles. The Bertz CT molecular complexity index is 413. The first-order valence-corrected chi connectivity index (χ1v) is 6.64. The van der Waals surface area contributed by atoms with Gasteiger partial charge in [-0.15, -0.1) is 0 Å². The Morgan fingerprint density at radius 2 is 2.21 bits per heavy atom. The number of ether oxygens (including phenoxy) is 2. The molecule has 0 radical (unpaired) electrons. The zero-order valence-corrected chi connectivity index (χ0v) is 11.2. The zero-order valence-electron chi connectivity index (χ0n) is 11.2. The molecule has 0 spiro atoms. The summed E-state index contributed by atoms with van der Waals surface area (Å²) < 4.78 is 10.4. The molecule has 2 N–H and O–H groups in total. The smallest absolute Gasteiger partial charge is 0.322 e. The Balaban J connectivity index is 1.88. The second-order valence-electron chi connectivity index (χ2n) is 4.86. The molecule has 1 aromatic heterocycles. The molecule has 1 unspecified atom stereocenters. The van der Waals surface area contributed by atoms with Crippen LogP contribution in [0, 0.1) is 0 Å². The van der Waals surface area contributed by atoms with E-state index < -0.39 is 12.0 Å². The molecule has 1 heterocycles. The van der Waals surface area contributed by atoms with Crippen LogP contribution >= 0.6 is 0 Å². The Morgan fingerprint density at radius 1 is 1.47 bits per heavy atom. The van der Waals surface area contributed by atoms with Gasteiger partial charge in [0.15, 0.2) is 0 Å². The van der Waals surface area contributed by atoms with Crippen molar-refractivity contribution < 1.29 is 14.3 Å². The standard InChI is InChI=1S/C14H20N2O3/c1-18-14(17)12(15)8-10-6-7-13(16-9-10)19-11-4-2-3-5-11/h6-7,9,11-12H,2-5,8,15H2,1H3. The van der Waals surface area contributed by atoms with Gasteiger partial charge in [-0.3, -0.25) is 4.79 Å². The van der Waals surface area contributed by atoms with Crippen molar-refractivity contribution in [1.29, 1.82) is 0 Å². The molecule has 0 bridgehead atoms. The molecule has 0 aliphatic heterocycles. The van der Waals surface area contributed by atoms with Gasteiger partial charge in [-0.25, -0.2) is 4.98 Å². The van der Waals surface area contributed by atoms with Crippen molar-refractivity contribution in [1.82, 2.24) is 4.98 Å². The summed E-state index contributed by atoms with van der Waals surface area (Å²) in [5.74, 6) is 0.230. The molecule has 0 aromatic carbocycles. The highest BCUT2D eigenvalue weighted by molar-refractivity contribution is 5.75. The lowest BCUT2D eigenvalue weighted by molar-refractivity contribution is -0.142. The molecule has 0 amide bonds. The monoisotopic (exact) mass is 264 g/mol. The Hall–Kier alpha value is -1.62. The number of nitrogens with zero attached hydrogens (tertiary/aromatic N) is 1. The first-order valence-electron chi connectivity index (χ1n) is 6.64. The summed E-state index contributed by atoms with van der Waals surface area (Å²) in [7, 11) is 1.33. The normalized spacial score (nSPS) is 17.2. The molecule has 1 aliphatic rings. The molecule has 5 heteroatoms. The van der Waals surface area contributed by atoms with Gasteiger partial charge < -0.3 is 15.2 Å². The molecule has 1 saturated carbocycles. The number of methoxy groups -OCH3 is 1. The summed E-state index contributed by atoms with van der Waals surface area (Å²) in [6, 6.07) is 3.07. The SMILES string of the molecule is COC(=O)C(N)Cc1ccc(OC2CCCC2)nc1. The number of rotatable bonds is 5. The highest BCUT2D eigenvalue weighted by Crippen LogP contribution is 2.22. The van der Waals surface area contributed by atoms with E-state index in [1.165, 1.54) is 20.0 Å². The number of hydrogen-bond acceptors (Lipinski definition) is 5. The number of esters is 1. The summed E-state index contributed by atoms with van der Waals surface area (Å²) in [6.07, 6.45) is 7.10. The predicted molar refractivity (Wildman–Crippen MR) is 70.8 cm³/mol. The van der Waals surface area contributed by atoms with Crippen LogP contribution in [0.4, 0.5) is 0 Å². The third-order valence-corrected chi connectivity index (χ3v) is 3.35. The van der Waals surface area contributed by atoms with Gasteiger partial charge >= 0.3 is 5.97 Å². The van der Waals surface area contributed by atoms with Gasteiger partial charge in [0.25, 0.3) is 0 Å². The number of nitrogens with two attached hydrogens (primary N) is 1. The third-order valence-electron chi connectivity index (χ3n) is 3.35. The van der Waals surface area contributed by atoms with Gasteiger partial charge in [0, 0.05) is 12.3 Å². The molecule has 1 aromatic rings. The Kier molecular flexibility index (Phi) is 4.74. The summed E-state index contributed by atoms with van der Waals surface area (Å²) in [4.78, 5) is 15.5. The van der Waals surface area contributed by atoms with Crippen LogP contribution in [0.25, 0.3) is 0 Å². The number of hydrogen-bond donors (Lipinski definition) is 1. The fourth-order valence-electron chi connectivity index (χ4n) is 2.27. The predicted octanol–water partition coefficient (Wildman–Crippen LogP) is 1.45. The molecule has 19 heavy (non-hydrogen) atoms. The maximum absolute atomic E-state index is 11.2. The first kappa shape index (κ1) is 13.8. The average Bonchev–Trinajstić information content (AvgIpc) is 2.93. The number of pyridine rings is 1. The van der Waals surface area contributed by atoms with Crippen molar-refractivity contribution in [3.63, 3.8) is 0 Å². The van der Waals surface area contributed by atoms with Crippen molar-refractivity contribution in [2.24, 2.45) is 5.73 Å². The van der Waals surface area contributed by atoms with Gasteiger partial charge in [0.2, 0.25) is 5.88 Å². The molecule has 2 rings (SSSR count). The third kappa shape index (κ3) is 3.92. The largest absolute Gasteiger partial charge is 0.474 e. The topological polar surface area (TPSA) is 74.4 Å². The van der Waals surface area contributed by atoms with Gasteiger partial charge in [0.1, 0.15) is 12.1 Å². The lowest BCUT2D eigenvalue weighted by atomic mass is 10.1. The molecular weight excluding hydrogens is 244 g/mol. The minimum atomic E-state index is -0.645. The van der Waals surface area contributed by atoms with Crippen LogP contribution in [0.5, 0.6) is 5.88 Å². The zero-order chi connectivity index (χ0) is 13.7. The van der Waals surface area contributed by atoms with E-state index in [-0.39, 0.29) is 0 Å². The molecule has 5 nitrogen and oxygen atoms in total. The minimum Gasteiger partial charge on any atom is -0.474 e. The highest BCUT2D eigenvalue weighted by Gasteiger charge is 2.17. The maximum atomic E-state index is 11.2. The van der Waals surface area contributed by atoms with Gasteiger partial charge in [-0.1, -0.05) is 6.07 Å². The summed E-state index contributed by atoms with van der Waals surface area (Å²) in [6.45, 7) is 0. The van der Waals surface area contributed by atoms with Crippen LogP contribution in [0.15, 0.2) is 18.3 Å². The second-order valence-corrected chi connectivity index (χ2v) is 4.86. The van der Waals surface area contributed by atoms with Gasteiger partial charge in [0.05, 0.1) is 7.11 Å². The van der Waals surface area contributed by atoms with E-state index in [2.05, 4.69) is 9.72 Å². The van der Waals surface area contributed by atoms with E-state index in [9.17, 15) is 4.79 Å². The molecule has 1 fully saturated rings. The summed E-state index contributed by atoms with van der Waals surface area (Å²) >= 11 is 0. The van der Waals surface area contributed by atoms with Gasteiger partial charge in [-0.05, 0) is 37.7 Å². The Morgan fingerprint density at radius 3 is 2.79 bits per heavy atom. The van der Waals surface area contributed by atoms with Crippen LogP contribution < -0.4 is 10.5 Å². The van der Waals surface area contributed by atoms with E-state index in [0.717, 1.165) is 18.4 Å². The van der Waals surface area contributed by atoms with Crippen molar-refractivity contribution in [2.75, 3.05) is 7.11 Å². The van der Waals surface area contributed by atoms with Crippen molar-refractivity contribution in [3.8, 4) is 5.88 Å². The highest BCUT2D eigenvalue weighted by atomic mass is 16.5. The summed E-state index contributed by atoms with van der Waals surface area (Å²) in [5.41, 5.74) is 6.60. The summed E-state index contributed by atoms with van der Waals surface area (Å²) in [5, 5.41) is 0. The number of carbonyl (C=O) groups is 1.